The van der Waals surface area contributed by atoms with Gasteiger partial charge in [0.15, 0.2) is 0 Å². The van der Waals surface area contributed by atoms with E-state index in [1.807, 2.05) is 12.3 Å². The molecule has 0 radical (unpaired) electrons. The van der Waals surface area contributed by atoms with Gasteiger partial charge in [-0.15, -0.1) is 0 Å². The fourth-order valence-electron chi connectivity index (χ4n) is 6.74. The van der Waals surface area contributed by atoms with Crippen molar-refractivity contribution in [3.05, 3.63) is 90.3 Å². The molecule has 0 spiro atoms. The van der Waals surface area contributed by atoms with Gasteiger partial charge in [0.2, 0.25) is 5.91 Å². The van der Waals surface area contributed by atoms with E-state index in [0.29, 0.717) is 18.3 Å². The van der Waals surface area contributed by atoms with Crippen LogP contribution >= 0.6 is 0 Å². The van der Waals surface area contributed by atoms with Crippen molar-refractivity contribution >= 4 is 42.1 Å². The van der Waals surface area contributed by atoms with Crippen LogP contribution in [0, 0.1) is 11.3 Å². The SMILES string of the molecule is CC(=O)NC[C@H]1CN(c2ccc(C3=C(O[Si](c4ccccc4)(c4ccccc4)C(C)(C)C)[C@@]4(C)C[C@H]4C3)cn2)C(=O)O1. The van der Waals surface area contributed by atoms with E-state index in [1.54, 1.807) is 0 Å². The molecule has 1 N–H and O–H groups in total. The highest BCUT2D eigenvalue weighted by molar-refractivity contribution is 6.99. The minimum Gasteiger partial charge on any atom is -0.536 e. The molecule has 0 bridgehead atoms. The molecule has 218 valence electrons. The van der Waals surface area contributed by atoms with E-state index in [1.165, 1.54) is 27.8 Å². The monoisotopic (exact) mass is 581 g/mol. The Kier molecular flexibility index (Phi) is 7.00. The summed E-state index contributed by atoms with van der Waals surface area (Å²) in [4.78, 5) is 30.1. The van der Waals surface area contributed by atoms with Crippen molar-refractivity contribution in [1.29, 1.82) is 0 Å². The van der Waals surface area contributed by atoms with Gasteiger partial charge in [0.25, 0.3) is 0 Å². The summed E-state index contributed by atoms with van der Waals surface area (Å²) >= 11 is 0. The Balaban J connectivity index is 1.37. The highest BCUT2D eigenvalue weighted by atomic mass is 28.4. The van der Waals surface area contributed by atoms with Crippen LogP contribution in [0.1, 0.15) is 53.0 Å². The lowest BCUT2D eigenvalue weighted by Gasteiger charge is -2.44. The van der Waals surface area contributed by atoms with Crippen molar-refractivity contribution in [2.24, 2.45) is 11.3 Å². The van der Waals surface area contributed by atoms with Crippen molar-refractivity contribution in [2.45, 2.75) is 58.6 Å². The topological polar surface area (TPSA) is 80.8 Å². The van der Waals surface area contributed by atoms with Crippen molar-refractivity contribution in [1.82, 2.24) is 10.3 Å². The van der Waals surface area contributed by atoms with Crippen molar-refractivity contribution in [2.75, 3.05) is 18.0 Å². The predicted molar refractivity (Wildman–Crippen MR) is 167 cm³/mol. The number of ether oxygens (including phenoxy) is 1. The molecule has 0 unspecified atom stereocenters. The van der Waals surface area contributed by atoms with E-state index >= 15 is 0 Å². The number of aromatic nitrogens is 1. The van der Waals surface area contributed by atoms with Gasteiger partial charge in [-0.3, -0.25) is 9.69 Å². The van der Waals surface area contributed by atoms with Crippen molar-refractivity contribution in [3.8, 4) is 0 Å². The quantitative estimate of drug-likeness (QED) is 0.367. The highest BCUT2D eigenvalue weighted by Crippen LogP contribution is 2.68. The number of nitrogens with one attached hydrogen (secondary N) is 1. The number of pyridine rings is 1. The van der Waals surface area contributed by atoms with Crippen LogP contribution in [-0.2, 0) is 14.0 Å². The van der Waals surface area contributed by atoms with Gasteiger partial charge in [0, 0.05) is 18.5 Å². The van der Waals surface area contributed by atoms with Gasteiger partial charge in [-0.05, 0) is 57.4 Å². The molecule has 42 heavy (non-hydrogen) atoms. The molecule has 1 aliphatic heterocycles. The summed E-state index contributed by atoms with van der Waals surface area (Å²) in [5.74, 6) is 2.05. The lowest BCUT2D eigenvalue weighted by Crippen LogP contribution is -2.66. The largest absolute Gasteiger partial charge is 0.536 e. The standard InChI is InChI=1S/C34H39N3O4Si/c1-23(38)35-21-26-22-37(32(39)40-26)30-17-16-24(20-36-30)29-18-25-19-34(25,5)31(29)41-42(33(2,3)4,27-12-8-6-9-13-27)28-14-10-7-11-15-28/h6-17,20,25-26H,18-19,21-22H2,1-5H3,(H,35,38)/t25-,26+,34+/m1/s1. The summed E-state index contributed by atoms with van der Waals surface area (Å²) in [6, 6.07) is 25.5. The summed E-state index contributed by atoms with van der Waals surface area (Å²) in [6.07, 6.45) is 3.09. The number of carbonyl (C=O) groups excluding carboxylic acids is 2. The average molecular weight is 582 g/mol. The molecule has 6 rings (SSSR count). The lowest BCUT2D eigenvalue weighted by molar-refractivity contribution is -0.119. The first-order chi connectivity index (χ1) is 20.0. The average Bonchev–Trinajstić information content (AvgIpc) is 3.34. The van der Waals surface area contributed by atoms with Crippen LogP contribution in [-0.4, -0.2) is 44.5 Å². The minimum absolute atomic E-state index is 0.0107. The van der Waals surface area contributed by atoms with Crippen molar-refractivity contribution in [3.63, 3.8) is 0 Å². The Labute approximate surface area is 249 Å². The summed E-state index contributed by atoms with van der Waals surface area (Å²) in [7, 11) is -2.79. The Hall–Kier alpha value is -3.91. The number of anilines is 1. The van der Waals surface area contributed by atoms with E-state index in [9.17, 15) is 9.59 Å². The van der Waals surface area contributed by atoms with Crippen LogP contribution in [0.25, 0.3) is 5.57 Å². The number of hydrogen-bond donors (Lipinski definition) is 1. The van der Waals surface area contributed by atoms with Crippen LogP contribution in [0.4, 0.5) is 10.6 Å². The van der Waals surface area contributed by atoms with Gasteiger partial charge in [-0.2, -0.15) is 0 Å². The van der Waals surface area contributed by atoms with Crippen molar-refractivity contribution < 1.29 is 18.8 Å². The molecule has 1 saturated carbocycles. The molecular formula is C34H39N3O4Si. The molecule has 8 heteroatoms. The van der Waals surface area contributed by atoms with E-state index < -0.39 is 20.5 Å². The minimum atomic E-state index is -2.79. The van der Waals surface area contributed by atoms with Gasteiger partial charge in [-0.1, -0.05) is 88.4 Å². The first-order valence-corrected chi connectivity index (χ1v) is 16.7. The van der Waals surface area contributed by atoms with Gasteiger partial charge >= 0.3 is 14.4 Å². The third kappa shape index (κ3) is 4.81. The third-order valence-corrected chi connectivity index (χ3v) is 14.1. The van der Waals surface area contributed by atoms with Gasteiger partial charge < -0.3 is 14.5 Å². The summed E-state index contributed by atoms with van der Waals surface area (Å²) < 4.78 is 13.1. The Bertz CT molecular complexity index is 1480. The maximum atomic E-state index is 12.6. The van der Waals surface area contributed by atoms with Crippen LogP contribution in [0.15, 0.2) is 84.8 Å². The number of cyclic esters (lactones) is 1. The van der Waals surface area contributed by atoms with E-state index in [2.05, 4.69) is 99.7 Å². The lowest BCUT2D eigenvalue weighted by atomic mass is 10.0. The maximum Gasteiger partial charge on any atom is 0.416 e. The second-order valence-corrected chi connectivity index (χ2v) is 17.3. The summed E-state index contributed by atoms with van der Waals surface area (Å²) in [5, 5.41) is 5.10. The molecule has 3 aromatic rings. The number of fused-ring (bicyclic) bond motifs is 1. The molecule has 2 amide bonds. The van der Waals surface area contributed by atoms with Crippen LogP contribution in [0.3, 0.4) is 0 Å². The maximum absolute atomic E-state index is 12.6. The molecular weight excluding hydrogens is 542 g/mol. The van der Waals surface area contributed by atoms with E-state index in [-0.39, 0.29) is 22.9 Å². The second-order valence-electron chi connectivity index (χ2n) is 13.1. The van der Waals surface area contributed by atoms with Crippen LogP contribution in [0.5, 0.6) is 0 Å². The molecule has 1 aromatic heterocycles. The number of carbonyl (C=O) groups is 2. The van der Waals surface area contributed by atoms with Gasteiger partial charge in [0.05, 0.1) is 18.8 Å². The smallest absolute Gasteiger partial charge is 0.416 e. The molecule has 7 nitrogen and oxygen atoms in total. The molecule has 1 saturated heterocycles. The second kappa shape index (κ2) is 10.4. The summed E-state index contributed by atoms with van der Waals surface area (Å²) in [5.41, 5.74) is 2.26. The number of hydrogen-bond acceptors (Lipinski definition) is 5. The van der Waals surface area contributed by atoms with Gasteiger partial charge in [-0.25, -0.2) is 9.78 Å². The molecule has 3 atom stereocenters. The number of nitrogens with zero attached hydrogens (tertiary/aromatic N) is 2. The highest BCUT2D eigenvalue weighted by Gasteiger charge is 2.63. The Morgan fingerprint density at radius 2 is 1.71 bits per heavy atom. The zero-order valence-electron chi connectivity index (χ0n) is 25.0. The zero-order chi connectivity index (χ0) is 29.7. The summed E-state index contributed by atoms with van der Waals surface area (Å²) in [6.45, 7) is 11.4. The first kappa shape index (κ1) is 28.2. The number of rotatable bonds is 8. The molecule has 3 aliphatic rings. The number of allylic oxidation sites excluding steroid dienone is 2. The first-order valence-electron chi connectivity index (χ1n) is 14.8. The normalized spacial score (nSPS) is 23.5. The third-order valence-electron chi connectivity index (χ3n) is 9.15. The zero-order valence-corrected chi connectivity index (χ0v) is 26.0. The van der Waals surface area contributed by atoms with Crippen LogP contribution < -0.4 is 20.6 Å². The van der Waals surface area contributed by atoms with E-state index in [4.69, 9.17) is 14.1 Å². The Morgan fingerprint density at radius 3 is 2.26 bits per heavy atom. The predicted octanol–water partition coefficient (Wildman–Crippen LogP) is 5.26. The van der Waals surface area contributed by atoms with Crippen LogP contribution in [0.2, 0.25) is 5.04 Å². The fourth-order valence-corrected chi connectivity index (χ4v) is 11.3. The molecule has 2 heterocycles. The van der Waals surface area contributed by atoms with Gasteiger partial charge in [0.1, 0.15) is 11.9 Å². The molecule has 2 fully saturated rings. The fraction of sp³-hybridized carbons (Fsp3) is 0.382. The molecule has 2 aromatic carbocycles. The Morgan fingerprint density at radius 1 is 1.07 bits per heavy atom. The number of benzene rings is 2. The number of amides is 2. The van der Waals surface area contributed by atoms with E-state index in [0.717, 1.165) is 24.2 Å². The molecule has 2 aliphatic carbocycles.